The van der Waals surface area contributed by atoms with Crippen LogP contribution in [-0.4, -0.2) is 46.5 Å². The van der Waals surface area contributed by atoms with Crippen LogP contribution in [0, 0.1) is 0 Å². The molecule has 1 aromatic rings. The van der Waals surface area contributed by atoms with Crippen LogP contribution < -0.4 is 5.46 Å². The van der Waals surface area contributed by atoms with E-state index in [1.54, 1.807) is 4.90 Å². The average molecular weight is 387 g/mol. The van der Waals surface area contributed by atoms with Gasteiger partial charge in [0, 0.05) is 17.5 Å². The third kappa shape index (κ3) is 3.57. The second-order valence-electron chi connectivity index (χ2n) is 10.6. The Morgan fingerprint density at radius 1 is 1.14 bits per heavy atom. The van der Waals surface area contributed by atoms with E-state index < -0.39 is 11.6 Å². The zero-order valence-corrected chi connectivity index (χ0v) is 18.5. The van der Waals surface area contributed by atoms with Crippen LogP contribution in [0.25, 0.3) is 0 Å². The van der Waals surface area contributed by atoms with Crippen LogP contribution in [0.3, 0.4) is 0 Å². The SMILES string of the molecule is CC1(CN(C(=O)O)C(C)(C)C)CCc2cc(B3OC(C)(C)C(C)(C)O3)ccc21. The maximum Gasteiger partial charge on any atom is 0.494 e. The highest BCUT2D eigenvalue weighted by atomic mass is 16.7. The third-order valence-electron chi connectivity index (χ3n) is 6.80. The summed E-state index contributed by atoms with van der Waals surface area (Å²) >= 11 is 0. The highest BCUT2D eigenvalue weighted by Gasteiger charge is 2.52. The largest absolute Gasteiger partial charge is 0.494 e. The number of carbonyl (C=O) groups is 1. The molecule has 0 saturated carbocycles. The lowest BCUT2D eigenvalue weighted by Gasteiger charge is -2.39. The van der Waals surface area contributed by atoms with Crippen molar-refractivity contribution in [3.8, 4) is 0 Å². The molecule has 1 N–H and O–H groups in total. The van der Waals surface area contributed by atoms with E-state index in [4.69, 9.17) is 9.31 Å². The predicted molar refractivity (Wildman–Crippen MR) is 112 cm³/mol. The number of hydrogen-bond acceptors (Lipinski definition) is 3. The minimum Gasteiger partial charge on any atom is -0.465 e. The number of benzene rings is 1. The molecule has 1 fully saturated rings. The van der Waals surface area contributed by atoms with E-state index in [9.17, 15) is 9.90 Å². The van der Waals surface area contributed by atoms with Crippen LogP contribution in [0.1, 0.15) is 72.9 Å². The molecule has 28 heavy (non-hydrogen) atoms. The second kappa shape index (κ2) is 6.49. The quantitative estimate of drug-likeness (QED) is 0.798. The van der Waals surface area contributed by atoms with Crippen molar-refractivity contribution in [2.45, 2.75) is 90.4 Å². The first kappa shape index (κ1) is 21.2. The van der Waals surface area contributed by atoms with Crippen LogP contribution >= 0.6 is 0 Å². The van der Waals surface area contributed by atoms with Crippen LogP contribution in [0.5, 0.6) is 0 Å². The lowest BCUT2D eigenvalue weighted by Crippen LogP contribution is -2.50. The highest BCUT2D eigenvalue weighted by Crippen LogP contribution is 2.41. The van der Waals surface area contributed by atoms with Crippen molar-refractivity contribution in [3.05, 3.63) is 29.3 Å². The highest BCUT2D eigenvalue weighted by molar-refractivity contribution is 6.62. The van der Waals surface area contributed by atoms with Crippen molar-refractivity contribution in [3.63, 3.8) is 0 Å². The molecule has 0 radical (unpaired) electrons. The van der Waals surface area contributed by atoms with Gasteiger partial charge in [-0.3, -0.25) is 0 Å². The molecule has 6 heteroatoms. The summed E-state index contributed by atoms with van der Waals surface area (Å²) < 4.78 is 12.4. The first-order valence-electron chi connectivity index (χ1n) is 10.2. The Labute approximate surface area is 169 Å². The molecule has 3 rings (SSSR count). The first-order chi connectivity index (χ1) is 12.7. The van der Waals surface area contributed by atoms with Gasteiger partial charge in [-0.25, -0.2) is 4.79 Å². The Bertz CT molecular complexity index is 767. The van der Waals surface area contributed by atoms with E-state index >= 15 is 0 Å². The molecule has 1 unspecified atom stereocenters. The standard InChI is InChI=1S/C22H34BNO4/c1-19(2,3)24(18(25)26)14-22(8)12-11-15-13-16(9-10-17(15)22)23-27-20(4,5)21(6,7)28-23/h9-10,13H,11-12,14H2,1-8H3,(H,25,26). The van der Waals surface area contributed by atoms with E-state index in [2.05, 4.69) is 52.8 Å². The number of hydrogen-bond donors (Lipinski definition) is 1. The smallest absolute Gasteiger partial charge is 0.465 e. The van der Waals surface area contributed by atoms with Gasteiger partial charge in [-0.05, 0) is 77.9 Å². The van der Waals surface area contributed by atoms with Crippen molar-refractivity contribution in [1.82, 2.24) is 4.90 Å². The molecular formula is C22H34BNO4. The molecule has 0 bridgehead atoms. The Kier molecular flexibility index (Phi) is 4.91. The first-order valence-corrected chi connectivity index (χ1v) is 10.2. The van der Waals surface area contributed by atoms with Crippen LogP contribution in [0.2, 0.25) is 0 Å². The van der Waals surface area contributed by atoms with E-state index in [0.717, 1.165) is 18.3 Å². The molecule has 1 aliphatic heterocycles. The van der Waals surface area contributed by atoms with Gasteiger partial charge < -0.3 is 19.3 Å². The number of amides is 1. The van der Waals surface area contributed by atoms with Gasteiger partial charge in [-0.2, -0.15) is 0 Å². The van der Waals surface area contributed by atoms with Crippen molar-refractivity contribution >= 4 is 18.7 Å². The van der Waals surface area contributed by atoms with Gasteiger partial charge in [-0.1, -0.05) is 25.1 Å². The maximum atomic E-state index is 11.8. The molecule has 0 spiro atoms. The van der Waals surface area contributed by atoms with Crippen molar-refractivity contribution < 1.29 is 19.2 Å². The van der Waals surface area contributed by atoms with E-state index in [1.165, 1.54) is 11.1 Å². The molecule has 1 amide bonds. The zero-order chi connectivity index (χ0) is 21.1. The topological polar surface area (TPSA) is 59.0 Å². The fraction of sp³-hybridized carbons (Fsp3) is 0.682. The minimum absolute atomic E-state index is 0.185. The average Bonchev–Trinajstić information content (AvgIpc) is 2.98. The van der Waals surface area contributed by atoms with Crippen molar-refractivity contribution in [2.24, 2.45) is 0 Å². The third-order valence-corrected chi connectivity index (χ3v) is 6.80. The summed E-state index contributed by atoms with van der Waals surface area (Å²) in [7, 11) is -0.368. The number of nitrogens with zero attached hydrogens (tertiary/aromatic N) is 1. The second-order valence-corrected chi connectivity index (χ2v) is 10.6. The lowest BCUT2D eigenvalue weighted by molar-refractivity contribution is 0.00578. The summed E-state index contributed by atoms with van der Waals surface area (Å²) in [4.78, 5) is 13.4. The van der Waals surface area contributed by atoms with E-state index in [1.807, 2.05) is 20.8 Å². The number of fused-ring (bicyclic) bond motifs is 1. The molecule has 1 saturated heterocycles. The summed E-state index contributed by atoms with van der Waals surface area (Å²) in [6.45, 7) is 16.7. The molecule has 2 aliphatic rings. The van der Waals surface area contributed by atoms with Crippen LogP contribution in [0.15, 0.2) is 18.2 Å². The van der Waals surface area contributed by atoms with Gasteiger partial charge in [-0.15, -0.1) is 0 Å². The van der Waals surface area contributed by atoms with Gasteiger partial charge in [0.25, 0.3) is 0 Å². The van der Waals surface area contributed by atoms with Gasteiger partial charge in [0.15, 0.2) is 0 Å². The number of rotatable bonds is 3. The molecule has 1 atom stereocenters. The Balaban J connectivity index is 1.86. The van der Waals surface area contributed by atoms with Crippen molar-refractivity contribution in [1.29, 1.82) is 0 Å². The van der Waals surface area contributed by atoms with Crippen LogP contribution in [-0.2, 0) is 21.1 Å². The summed E-state index contributed by atoms with van der Waals surface area (Å²) in [5.41, 5.74) is 2.21. The molecular weight excluding hydrogens is 353 g/mol. The lowest BCUT2D eigenvalue weighted by atomic mass is 9.76. The molecule has 154 valence electrons. The Morgan fingerprint density at radius 2 is 1.71 bits per heavy atom. The fourth-order valence-corrected chi connectivity index (χ4v) is 4.19. The van der Waals surface area contributed by atoms with E-state index in [0.29, 0.717) is 6.54 Å². The summed E-state index contributed by atoms with van der Waals surface area (Å²) in [6, 6.07) is 6.41. The maximum absolute atomic E-state index is 11.8. The monoisotopic (exact) mass is 387 g/mol. The molecule has 0 aromatic heterocycles. The summed E-state index contributed by atoms with van der Waals surface area (Å²) in [5.74, 6) is 0. The zero-order valence-electron chi connectivity index (χ0n) is 18.5. The normalized spacial score (nSPS) is 25.6. The van der Waals surface area contributed by atoms with E-state index in [-0.39, 0.29) is 23.7 Å². The summed E-state index contributed by atoms with van der Waals surface area (Å²) in [5, 5.41) is 9.71. The number of carboxylic acid groups (broad SMARTS) is 1. The predicted octanol–water partition coefficient (Wildman–Crippen LogP) is 3.97. The number of aryl methyl sites for hydroxylation is 1. The fourth-order valence-electron chi connectivity index (χ4n) is 4.19. The molecule has 1 aromatic carbocycles. The van der Waals surface area contributed by atoms with Crippen LogP contribution in [0.4, 0.5) is 4.79 Å². The van der Waals surface area contributed by atoms with Gasteiger partial charge in [0.05, 0.1) is 11.2 Å². The Hall–Kier alpha value is -1.53. The van der Waals surface area contributed by atoms with Gasteiger partial charge >= 0.3 is 13.2 Å². The van der Waals surface area contributed by atoms with Gasteiger partial charge in [0.1, 0.15) is 0 Å². The molecule has 1 heterocycles. The summed E-state index contributed by atoms with van der Waals surface area (Å²) in [6.07, 6.45) is 1.02. The molecule has 5 nitrogen and oxygen atoms in total. The Morgan fingerprint density at radius 3 is 2.21 bits per heavy atom. The molecule has 1 aliphatic carbocycles. The minimum atomic E-state index is -0.865. The van der Waals surface area contributed by atoms with Crippen molar-refractivity contribution in [2.75, 3.05) is 6.54 Å². The van der Waals surface area contributed by atoms with Gasteiger partial charge in [0.2, 0.25) is 0 Å².